The van der Waals surface area contributed by atoms with Gasteiger partial charge in [0.05, 0.1) is 17.0 Å². The molecule has 0 bridgehead atoms. The van der Waals surface area contributed by atoms with Gasteiger partial charge in [-0.3, -0.25) is 4.79 Å². The molecule has 1 fully saturated rings. The normalized spacial score (nSPS) is 15.2. The lowest BCUT2D eigenvalue weighted by molar-refractivity contribution is 0.432. The van der Waals surface area contributed by atoms with Gasteiger partial charge >= 0.3 is 0 Å². The van der Waals surface area contributed by atoms with Gasteiger partial charge in [0.15, 0.2) is 0 Å². The first-order chi connectivity index (χ1) is 14.1. The average Bonchev–Trinajstić information content (AvgIpc) is 3.32. The average molecular weight is 394 g/mol. The summed E-state index contributed by atoms with van der Waals surface area (Å²) in [6.45, 7) is 3.63. The number of rotatable bonds is 3. The number of aryl methyl sites for hydroxylation is 1. The molecule has 2 N–H and O–H groups in total. The van der Waals surface area contributed by atoms with Crippen molar-refractivity contribution < 1.29 is 8.91 Å². The van der Waals surface area contributed by atoms with Crippen LogP contribution in [0.25, 0.3) is 28.5 Å². The van der Waals surface area contributed by atoms with E-state index in [9.17, 15) is 9.18 Å². The van der Waals surface area contributed by atoms with Crippen LogP contribution in [0.1, 0.15) is 30.1 Å². The molecule has 0 amide bonds. The molecule has 1 saturated heterocycles. The zero-order chi connectivity index (χ0) is 20.0. The summed E-state index contributed by atoms with van der Waals surface area (Å²) in [5.74, 6) is 0.144. The summed E-state index contributed by atoms with van der Waals surface area (Å²) in [7, 11) is 0. The predicted molar refractivity (Wildman–Crippen MR) is 104 cm³/mol. The zero-order valence-corrected chi connectivity index (χ0v) is 15.8. The summed E-state index contributed by atoms with van der Waals surface area (Å²) in [6, 6.07) is 7.84. The molecule has 29 heavy (non-hydrogen) atoms. The zero-order valence-electron chi connectivity index (χ0n) is 15.8. The number of fused-ring (bicyclic) bond motifs is 1. The number of nitrogens with zero attached hydrogens (tertiary/aromatic N) is 4. The van der Waals surface area contributed by atoms with Crippen LogP contribution in [-0.2, 0) is 0 Å². The van der Waals surface area contributed by atoms with Gasteiger partial charge in [-0.2, -0.15) is 10.1 Å². The molecule has 0 radical (unpaired) electrons. The Morgan fingerprint density at radius 2 is 2.03 bits per heavy atom. The molecule has 8 nitrogen and oxygen atoms in total. The number of hydrogen-bond donors (Lipinski definition) is 2. The summed E-state index contributed by atoms with van der Waals surface area (Å²) in [4.78, 5) is 19.6. The van der Waals surface area contributed by atoms with E-state index in [4.69, 9.17) is 4.52 Å². The number of aromatic nitrogens is 5. The van der Waals surface area contributed by atoms with E-state index < -0.39 is 5.82 Å². The molecule has 9 heteroatoms. The molecule has 3 aromatic heterocycles. The van der Waals surface area contributed by atoms with Crippen LogP contribution in [0.3, 0.4) is 0 Å². The second-order valence-corrected chi connectivity index (χ2v) is 7.21. The molecule has 1 aliphatic heterocycles. The molecule has 4 aromatic rings. The van der Waals surface area contributed by atoms with Crippen molar-refractivity contribution in [1.82, 2.24) is 30.1 Å². The molecule has 0 aliphatic carbocycles. The van der Waals surface area contributed by atoms with Crippen LogP contribution < -0.4 is 10.9 Å². The van der Waals surface area contributed by atoms with Crippen LogP contribution >= 0.6 is 0 Å². The van der Waals surface area contributed by atoms with Gasteiger partial charge in [0.25, 0.3) is 11.4 Å². The lowest BCUT2D eigenvalue weighted by Crippen LogP contribution is -2.28. The van der Waals surface area contributed by atoms with Gasteiger partial charge in [0.2, 0.25) is 5.82 Å². The number of H-pyrrole nitrogens is 1. The largest absolute Gasteiger partial charge is 0.333 e. The number of piperidine rings is 1. The third kappa shape index (κ3) is 3.03. The van der Waals surface area contributed by atoms with E-state index in [2.05, 4.69) is 25.5 Å². The van der Waals surface area contributed by atoms with Crippen molar-refractivity contribution in [3.8, 4) is 22.8 Å². The van der Waals surface area contributed by atoms with Gasteiger partial charge in [-0.15, -0.1) is 0 Å². The molecule has 148 valence electrons. The van der Waals surface area contributed by atoms with E-state index in [-0.39, 0.29) is 28.8 Å². The van der Waals surface area contributed by atoms with Crippen LogP contribution in [0.15, 0.2) is 39.6 Å². The summed E-state index contributed by atoms with van der Waals surface area (Å²) >= 11 is 0. The molecule has 4 heterocycles. The molecule has 0 spiro atoms. The van der Waals surface area contributed by atoms with Crippen molar-refractivity contribution in [2.24, 2.45) is 0 Å². The third-order valence-electron chi connectivity index (χ3n) is 5.34. The van der Waals surface area contributed by atoms with Crippen LogP contribution in [0.5, 0.6) is 0 Å². The molecular weight excluding hydrogens is 375 g/mol. The highest BCUT2D eigenvalue weighted by molar-refractivity contribution is 5.75. The standard InChI is InChI=1S/C20H19FN6O2/c1-11-17(20-24-18(26-29-20)13-4-2-3-5-14(13)21)19-23-16(28)10-15(27(19)25-11)12-6-8-22-9-7-12/h2-5,10,12,22H,6-9H2,1H3,(H,23,28). The van der Waals surface area contributed by atoms with Gasteiger partial charge < -0.3 is 14.8 Å². The Morgan fingerprint density at radius 1 is 1.24 bits per heavy atom. The molecule has 0 saturated carbocycles. The first-order valence-corrected chi connectivity index (χ1v) is 9.54. The monoisotopic (exact) mass is 394 g/mol. The Hall–Kier alpha value is -3.33. The molecule has 1 aromatic carbocycles. The quantitative estimate of drug-likeness (QED) is 0.554. The highest BCUT2D eigenvalue weighted by atomic mass is 19.1. The van der Waals surface area contributed by atoms with E-state index in [0.717, 1.165) is 31.6 Å². The van der Waals surface area contributed by atoms with E-state index in [1.807, 2.05) is 6.92 Å². The maximum absolute atomic E-state index is 14.1. The predicted octanol–water partition coefficient (Wildman–Crippen LogP) is 2.65. The Balaban J connectivity index is 1.65. The minimum absolute atomic E-state index is 0.147. The number of aromatic amines is 1. The Bertz CT molecular complexity index is 1250. The molecule has 5 rings (SSSR count). The fraction of sp³-hybridized carbons (Fsp3) is 0.300. The first-order valence-electron chi connectivity index (χ1n) is 9.54. The van der Waals surface area contributed by atoms with Crippen molar-refractivity contribution in [2.75, 3.05) is 13.1 Å². The number of halogens is 1. The lowest BCUT2D eigenvalue weighted by atomic mass is 9.94. The third-order valence-corrected chi connectivity index (χ3v) is 5.34. The topological polar surface area (TPSA) is 101 Å². The highest BCUT2D eigenvalue weighted by Crippen LogP contribution is 2.31. The summed E-state index contributed by atoms with van der Waals surface area (Å²) in [6.07, 6.45) is 1.87. The maximum atomic E-state index is 14.1. The second kappa shape index (κ2) is 6.93. The Labute approximate surface area is 164 Å². The van der Waals surface area contributed by atoms with Crippen molar-refractivity contribution in [3.05, 3.63) is 57.9 Å². The fourth-order valence-corrected chi connectivity index (χ4v) is 3.92. The number of benzene rings is 1. The Kier molecular flexibility index (Phi) is 4.24. The Morgan fingerprint density at radius 3 is 2.83 bits per heavy atom. The highest BCUT2D eigenvalue weighted by Gasteiger charge is 2.25. The lowest BCUT2D eigenvalue weighted by Gasteiger charge is -2.23. The van der Waals surface area contributed by atoms with Crippen molar-refractivity contribution in [2.45, 2.75) is 25.7 Å². The van der Waals surface area contributed by atoms with E-state index >= 15 is 0 Å². The minimum Gasteiger partial charge on any atom is -0.333 e. The van der Waals surface area contributed by atoms with E-state index in [1.54, 1.807) is 28.8 Å². The van der Waals surface area contributed by atoms with Gasteiger partial charge in [-0.05, 0) is 45.0 Å². The molecule has 0 atom stereocenters. The van der Waals surface area contributed by atoms with Crippen LogP contribution in [0, 0.1) is 12.7 Å². The first kappa shape index (κ1) is 17.7. The molecular formula is C20H19FN6O2. The SMILES string of the molecule is Cc1nn2c(C3CCNCC3)cc(=O)[nH]c2c1-c1nc(-c2ccccc2F)no1. The molecule has 0 unspecified atom stereocenters. The van der Waals surface area contributed by atoms with Crippen LogP contribution in [0.4, 0.5) is 4.39 Å². The minimum atomic E-state index is -0.432. The van der Waals surface area contributed by atoms with Gasteiger partial charge in [0, 0.05) is 12.0 Å². The number of nitrogens with one attached hydrogen (secondary N) is 2. The number of hydrogen-bond acceptors (Lipinski definition) is 6. The van der Waals surface area contributed by atoms with Crippen LogP contribution in [-0.4, -0.2) is 37.8 Å². The maximum Gasteiger partial charge on any atom is 0.263 e. The van der Waals surface area contributed by atoms with E-state index in [0.29, 0.717) is 16.9 Å². The van der Waals surface area contributed by atoms with Crippen molar-refractivity contribution in [1.29, 1.82) is 0 Å². The summed E-state index contributed by atoms with van der Waals surface area (Å²) in [5, 5.41) is 11.9. The summed E-state index contributed by atoms with van der Waals surface area (Å²) < 4.78 is 21.3. The van der Waals surface area contributed by atoms with Crippen molar-refractivity contribution >= 4 is 5.65 Å². The fourth-order valence-electron chi connectivity index (χ4n) is 3.92. The van der Waals surface area contributed by atoms with Crippen molar-refractivity contribution in [3.63, 3.8) is 0 Å². The van der Waals surface area contributed by atoms with Crippen LogP contribution in [0.2, 0.25) is 0 Å². The smallest absolute Gasteiger partial charge is 0.263 e. The van der Waals surface area contributed by atoms with Gasteiger partial charge in [-0.1, -0.05) is 17.3 Å². The van der Waals surface area contributed by atoms with E-state index in [1.165, 1.54) is 6.07 Å². The van der Waals surface area contributed by atoms with Gasteiger partial charge in [0.1, 0.15) is 17.0 Å². The summed E-state index contributed by atoms with van der Waals surface area (Å²) in [5.41, 5.74) is 2.61. The second-order valence-electron chi connectivity index (χ2n) is 7.21. The molecule has 1 aliphatic rings. The van der Waals surface area contributed by atoms with Gasteiger partial charge in [-0.25, -0.2) is 8.91 Å².